The Hall–Kier alpha value is -2.04. The second-order valence-electron chi connectivity index (χ2n) is 4.82. The third-order valence-corrected chi connectivity index (χ3v) is 3.58. The number of hydrogen-bond acceptors (Lipinski definition) is 2. The molecule has 2 rings (SSSR count). The van der Waals surface area contributed by atoms with Crippen molar-refractivity contribution in [3.05, 3.63) is 36.2 Å². The summed E-state index contributed by atoms with van der Waals surface area (Å²) in [5, 5.41) is 12.0. The van der Waals surface area contributed by atoms with Gasteiger partial charge in [0.25, 0.3) is 0 Å². The van der Waals surface area contributed by atoms with Gasteiger partial charge in [-0.1, -0.05) is 12.2 Å². The van der Waals surface area contributed by atoms with Crippen LogP contribution in [-0.2, 0) is 23.2 Å². The maximum absolute atomic E-state index is 12.1. The average molecular weight is 262 g/mol. The van der Waals surface area contributed by atoms with Crippen LogP contribution in [0, 0.1) is 11.8 Å². The third kappa shape index (κ3) is 3.05. The fourth-order valence-electron chi connectivity index (χ4n) is 2.37. The standard InChI is InChI=1S/C14H18N2O3/c1-16-8-4-5-10(16)9-15-13(17)11-6-2-3-7-12(11)14(18)19/h2-5,8,11-12H,6-7,9H2,1H3,(H,15,17)(H,18,19). The molecule has 0 saturated heterocycles. The maximum atomic E-state index is 12.1. The fraction of sp³-hybridized carbons (Fsp3) is 0.429. The molecule has 1 aliphatic carbocycles. The number of carbonyl (C=O) groups is 2. The molecule has 1 amide bonds. The van der Waals surface area contributed by atoms with Crippen LogP contribution in [0.25, 0.3) is 0 Å². The molecule has 0 saturated carbocycles. The number of nitrogens with zero attached hydrogens (tertiary/aromatic N) is 1. The normalized spacial score (nSPS) is 22.2. The van der Waals surface area contributed by atoms with Gasteiger partial charge in [0.1, 0.15) is 0 Å². The Labute approximate surface area is 111 Å². The first-order valence-electron chi connectivity index (χ1n) is 6.35. The van der Waals surface area contributed by atoms with Gasteiger partial charge in [-0.25, -0.2) is 0 Å². The van der Waals surface area contributed by atoms with E-state index in [1.807, 2.05) is 42.1 Å². The summed E-state index contributed by atoms with van der Waals surface area (Å²) in [4.78, 5) is 23.2. The number of rotatable bonds is 4. The number of amides is 1. The van der Waals surface area contributed by atoms with Crippen LogP contribution in [0.5, 0.6) is 0 Å². The SMILES string of the molecule is Cn1cccc1CNC(=O)C1CC=CCC1C(=O)O. The average Bonchev–Trinajstić information content (AvgIpc) is 2.81. The van der Waals surface area contributed by atoms with E-state index in [0.29, 0.717) is 19.4 Å². The van der Waals surface area contributed by atoms with Crippen molar-refractivity contribution in [2.45, 2.75) is 19.4 Å². The lowest BCUT2D eigenvalue weighted by Gasteiger charge is -2.24. The summed E-state index contributed by atoms with van der Waals surface area (Å²) in [6, 6.07) is 3.83. The Bertz CT molecular complexity index is 505. The molecule has 0 spiro atoms. The van der Waals surface area contributed by atoms with Gasteiger partial charge in [-0.15, -0.1) is 0 Å². The second-order valence-corrected chi connectivity index (χ2v) is 4.82. The largest absolute Gasteiger partial charge is 0.481 e. The molecule has 19 heavy (non-hydrogen) atoms. The summed E-state index contributed by atoms with van der Waals surface area (Å²) in [5.41, 5.74) is 0.992. The number of carbonyl (C=O) groups excluding carboxylic acids is 1. The van der Waals surface area contributed by atoms with Crippen molar-refractivity contribution in [1.82, 2.24) is 9.88 Å². The molecule has 2 unspecified atom stereocenters. The van der Waals surface area contributed by atoms with E-state index >= 15 is 0 Å². The van der Waals surface area contributed by atoms with Crippen LogP contribution in [0.2, 0.25) is 0 Å². The first kappa shape index (κ1) is 13.4. The number of aliphatic carboxylic acids is 1. The summed E-state index contributed by atoms with van der Waals surface area (Å²) in [6.07, 6.45) is 6.55. The minimum Gasteiger partial charge on any atom is -0.481 e. The van der Waals surface area contributed by atoms with Crippen molar-refractivity contribution in [3.8, 4) is 0 Å². The Morgan fingerprint density at radius 3 is 2.63 bits per heavy atom. The highest BCUT2D eigenvalue weighted by molar-refractivity contribution is 5.85. The van der Waals surface area contributed by atoms with Gasteiger partial charge in [0.2, 0.25) is 5.91 Å². The van der Waals surface area contributed by atoms with Crippen molar-refractivity contribution in [2.24, 2.45) is 18.9 Å². The molecule has 1 aromatic heterocycles. The van der Waals surface area contributed by atoms with E-state index in [1.165, 1.54) is 0 Å². The summed E-state index contributed by atoms with van der Waals surface area (Å²) < 4.78 is 1.93. The molecule has 0 radical (unpaired) electrons. The lowest BCUT2D eigenvalue weighted by molar-refractivity contribution is -0.147. The molecule has 1 heterocycles. The molecule has 0 aromatic carbocycles. The number of carboxylic acid groups (broad SMARTS) is 1. The van der Waals surface area contributed by atoms with E-state index in [0.717, 1.165) is 5.69 Å². The highest BCUT2D eigenvalue weighted by atomic mass is 16.4. The maximum Gasteiger partial charge on any atom is 0.307 e. The third-order valence-electron chi connectivity index (χ3n) is 3.58. The lowest BCUT2D eigenvalue weighted by Crippen LogP contribution is -2.38. The molecule has 0 aliphatic heterocycles. The van der Waals surface area contributed by atoms with Gasteiger partial charge in [-0.2, -0.15) is 0 Å². The summed E-state index contributed by atoms with van der Waals surface area (Å²) in [5.74, 6) is -2.16. The molecular weight excluding hydrogens is 244 g/mol. The number of aromatic nitrogens is 1. The van der Waals surface area contributed by atoms with Crippen LogP contribution >= 0.6 is 0 Å². The van der Waals surface area contributed by atoms with Crippen molar-refractivity contribution in [3.63, 3.8) is 0 Å². The Morgan fingerprint density at radius 1 is 1.37 bits per heavy atom. The van der Waals surface area contributed by atoms with Crippen LogP contribution in [0.1, 0.15) is 18.5 Å². The highest BCUT2D eigenvalue weighted by Gasteiger charge is 2.33. The van der Waals surface area contributed by atoms with E-state index < -0.39 is 17.8 Å². The number of aryl methyl sites for hydroxylation is 1. The molecule has 1 aliphatic rings. The van der Waals surface area contributed by atoms with Crippen LogP contribution in [-0.4, -0.2) is 21.6 Å². The van der Waals surface area contributed by atoms with Gasteiger partial charge >= 0.3 is 5.97 Å². The van der Waals surface area contributed by atoms with Gasteiger partial charge in [-0.05, 0) is 25.0 Å². The van der Waals surface area contributed by atoms with Crippen molar-refractivity contribution in [1.29, 1.82) is 0 Å². The van der Waals surface area contributed by atoms with Crippen molar-refractivity contribution < 1.29 is 14.7 Å². The molecule has 102 valence electrons. The van der Waals surface area contributed by atoms with Crippen LogP contribution in [0.3, 0.4) is 0 Å². The topological polar surface area (TPSA) is 71.3 Å². The van der Waals surface area contributed by atoms with Gasteiger partial charge in [0, 0.05) is 18.9 Å². The van der Waals surface area contributed by atoms with E-state index in [4.69, 9.17) is 5.11 Å². The van der Waals surface area contributed by atoms with Crippen LogP contribution in [0.4, 0.5) is 0 Å². The molecule has 2 N–H and O–H groups in total. The lowest BCUT2D eigenvalue weighted by atomic mass is 9.82. The molecule has 5 heteroatoms. The number of carboxylic acids is 1. The highest BCUT2D eigenvalue weighted by Crippen LogP contribution is 2.26. The number of nitrogens with one attached hydrogen (secondary N) is 1. The molecule has 0 bridgehead atoms. The van der Waals surface area contributed by atoms with Crippen molar-refractivity contribution >= 4 is 11.9 Å². The zero-order chi connectivity index (χ0) is 13.8. The van der Waals surface area contributed by atoms with Gasteiger partial charge in [0.05, 0.1) is 18.4 Å². The minimum atomic E-state index is -0.900. The van der Waals surface area contributed by atoms with E-state index in [1.54, 1.807) is 0 Å². The predicted molar refractivity (Wildman–Crippen MR) is 70.2 cm³/mol. The quantitative estimate of drug-likeness (QED) is 0.804. The van der Waals surface area contributed by atoms with E-state index in [2.05, 4.69) is 5.32 Å². The molecule has 1 aromatic rings. The summed E-state index contributed by atoms with van der Waals surface area (Å²) >= 11 is 0. The molecular formula is C14H18N2O3. The van der Waals surface area contributed by atoms with E-state index in [9.17, 15) is 9.59 Å². The van der Waals surface area contributed by atoms with Gasteiger partial charge < -0.3 is 15.0 Å². The summed E-state index contributed by atoms with van der Waals surface area (Å²) in [6.45, 7) is 0.425. The van der Waals surface area contributed by atoms with Crippen LogP contribution in [0.15, 0.2) is 30.5 Å². The molecule has 0 fully saturated rings. The predicted octanol–water partition coefficient (Wildman–Crippen LogP) is 1.31. The van der Waals surface area contributed by atoms with Gasteiger partial charge in [-0.3, -0.25) is 9.59 Å². The smallest absolute Gasteiger partial charge is 0.307 e. The Kier molecular flexibility index (Phi) is 4.04. The van der Waals surface area contributed by atoms with Crippen LogP contribution < -0.4 is 5.32 Å². The van der Waals surface area contributed by atoms with Gasteiger partial charge in [0.15, 0.2) is 0 Å². The zero-order valence-corrected chi connectivity index (χ0v) is 10.9. The molecule has 5 nitrogen and oxygen atoms in total. The molecule has 2 atom stereocenters. The fourth-order valence-corrected chi connectivity index (χ4v) is 2.37. The first-order valence-corrected chi connectivity index (χ1v) is 6.35. The number of allylic oxidation sites excluding steroid dienone is 2. The minimum absolute atomic E-state index is 0.182. The zero-order valence-electron chi connectivity index (χ0n) is 10.9. The monoisotopic (exact) mass is 262 g/mol. The summed E-state index contributed by atoms with van der Waals surface area (Å²) in [7, 11) is 1.91. The van der Waals surface area contributed by atoms with Crippen molar-refractivity contribution in [2.75, 3.05) is 0 Å². The first-order chi connectivity index (χ1) is 9.09. The Morgan fingerprint density at radius 2 is 2.05 bits per heavy atom. The number of hydrogen-bond donors (Lipinski definition) is 2. The second kappa shape index (κ2) is 5.73. The Balaban J connectivity index is 1.97. The van der Waals surface area contributed by atoms with E-state index in [-0.39, 0.29) is 5.91 Å².